The van der Waals surface area contributed by atoms with Crippen molar-refractivity contribution in [3.63, 3.8) is 0 Å². The minimum atomic E-state index is -0.516. The Morgan fingerprint density at radius 2 is 2.00 bits per heavy atom. The van der Waals surface area contributed by atoms with E-state index in [1.54, 1.807) is 6.08 Å². The Balaban J connectivity index is 0.00000364. The van der Waals surface area contributed by atoms with Gasteiger partial charge in [-0.25, -0.2) is 0 Å². The Morgan fingerprint density at radius 3 is 2.63 bits per heavy atom. The molecule has 2 rings (SSSR count). The van der Waals surface area contributed by atoms with Gasteiger partial charge in [0.05, 0.1) is 13.0 Å². The van der Waals surface area contributed by atoms with Crippen LogP contribution in [-0.4, -0.2) is 23.5 Å². The maximum Gasteiger partial charge on any atom is 0.161 e. The lowest BCUT2D eigenvalue weighted by Gasteiger charge is -2.36. The minimum absolute atomic E-state index is 0. The van der Waals surface area contributed by atoms with E-state index < -0.39 is 6.10 Å². The largest absolute Gasteiger partial charge is 1.00 e. The van der Waals surface area contributed by atoms with Gasteiger partial charge in [-0.2, -0.15) is 0 Å². The van der Waals surface area contributed by atoms with Gasteiger partial charge in [-0.15, -0.1) is 0 Å². The molecule has 1 aliphatic rings. The van der Waals surface area contributed by atoms with E-state index in [9.17, 15) is 9.90 Å². The number of benzene rings is 1. The number of ketones is 1. The second-order valence-corrected chi connectivity index (χ2v) is 8.27. The van der Waals surface area contributed by atoms with E-state index >= 15 is 0 Å². The molecule has 0 heterocycles. The van der Waals surface area contributed by atoms with Crippen LogP contribution in [0.5, 0.6) is 0 Å². The Labute approximate surface area is 170 Å². The number of carbonyl (C=O) groups is 1. The molecule has 0 radical (unpaired) electrons. The Morgan fingerprint density at radius 1 is 1.33 bits per heavy atom. The van der Waals surface area contributed by atoms with Crippen molar-refractivity contribution in [1.29, 1.82) is 0 Å². The first kappa shape index (κ1) is 23.6. The third-order valence-corrected chi connectivity index (χ3v) is 5.63. The molecule has 4 heteroatoms. The van der Waals surface area contributed by atoms with E-state index in [1.807, 2.05) is 37.3 Å². The number of hydrogen-bond acceptors (Lipinski definition) is 2. The number of carbonyl (C=O) groups excluding carboxylic acids is 1. The Kier molecular flexibility index (Phi) is 9.44. The zero-order valence-corrected chi connectivity index (χ0v) is 17.7. The number of rotatable bonds is 8. The maximum absolute atomic E-state index is 12.2. The molecule has 0 spiro atoms. The number of quaternary nitrogens is 1. The van der Waals surface area contributed by atoms with Crippen LogP contribution >= 0.6 is 0 Å². The summed E-state index contributed by atoms with van der Waals surface area (Å²) in [6.07, 6.45) is 8.43. The molecule has 150 valence electrons. The van der Waals surface area contributed by atoms with Gasteiger partial charge in [0.2, 0.25) is 0 Å². The average molecular weight is 392 g/mol. The summed E-state index contributed by atoms with van der Waals surface area (Å²) in [4.78, 5) is 12.2. The van der Waals surface area contributed by atoms with Crippen molar-refractivity contribution in [1.82, 2.24) is 0 Å². The molecular weight excluding hydrogens is 358 g/mol. The standard InChI is InChI=1S/C23H33NO2.ClH/c1-17-9-8-15-23(3,4)21(17)13-12-20(25)14-16-24-18(2)22(26)19-10-6-5-7-11-19;/h5-7,9-13,18,21-22,24,26H,8,14-16H2,1-4H3;1H/b13-12+;. The summed E-state index contributed by atoms with van der Waals surface area (Å²) in [6, 6.07) is 9.71. The van der Waals surface area contributed by atoms with Gasteiger partial charge in [0.1, 0.15) is 12.1 Å². The van der Waals surface area contributed by atoms with E-state index in [1.165, 1.54) is 5.57 Å². The van der Waals surface area contributed by atoms with E-state index in [0.29, 0.717) is 18.9 Å². The molecule has 0 bridgehead atoms. The van der Waals surface area contributed by atoms with Crippen molar-refractivity contribution in [3.8, 4) is 0 Å². The van der Waals surface area contributed by atoms with E-state index in [-0.39, 0.29) is 29.6 Å². The van der Waals surface area contributed by atoms with Gasteiger partial charge >= 0.3 is 0 Å². The highest BCUT2D eigenvalue weighted by Gasteiger charge is 2.30. The fourth-order valence-corrected chi connectivity index (χ4v) is 3.84. The maximum atomic E-state index is 12.2. The second-order valence-electron chi connectivity index (χ2n) is 8.27. The van der Waals surface area contributed by atoms with Crippen LogP contribution in [0.1, 0.15) is 58.6 Å². The van der Waals surface area contributed by atoms with Gasteiger partial charge in [0, 0.05) is 5.92 Å². The summed E-state index contributed by atoms with van der Waals surface area (Å²) in [5, 5.41) is 12.4. The van der Waals surface area contributed by atoms with Crippen molar-refractivity contribution < 1.29 is 27.6 Å². The van der Waals surface area contributed by atoms with Gasteiger partial charge in [-0.3, -0.25) is 4.79 Å². The molecule has 3 atom stereocenters. The van der Waals surface area contributed by atoms with Crippen molar-refractivity contribution >= 4 is 5.78 Å². The summed E-state index contributed by atoms with van der Waals surface area (Å²) in [5.74, 6) is 0.514. The molecule has 3 N–H and O–H groups in total. The fourth-order valence-electron chi connectivity index (χ4n) is 3.84. The predicted molar refractivity (Wildman–Crippen MR) is 107 cm³/mol. The van der Waals surface area contributed by atoms with Crippen LogP contribution in [0.4, 0.5) is 0 Å². The van der Waals surface area contributed by atoms with Crippen LogP contribution in [0.2, 0.25) is 0 Å². The molecule has 3 nitrogen and oxygen atoms in total. The smallest absolute Gasteiger partial charge is 0.161 e. The highest BCUT2D eigenvalue weighted by molar-refractivity contribution is 5.89. The Bertz CT molecular complexity index is 652. The predicted octanol–water partition coefficient (Wildman–Crippen LogP) is 0.574. The molecule has 1 aliphatic carbocycles. The first-order valence-electron chi connectivity index (χ1n) is 9.75. The number of halogens is 1. The Hall–Kier alpha value is -1.42. The average Bonchev–Trinajstić information content (AvgIpc) is 2.60. The number of allylic oxidation sites excluding steroid dienone is 4. The first-order chi connectivity index (χ1) is 12.3. The third-order valence-electron chi connectivity index (χ3n) is 5.63. The second kappa shape index (κ2) is 10.8. The SMILES string of the molecule is CC1=CCCC(C)(C)C1/C=C/C(=O)CC[NH2+]C(C)C(O)c1ccccc1.[Cl-]. The van der Waals surface area contributed by atoms with Crippen LogP contribution in [0.25, 0.3) is 0 Å². The number of hydrogen-bond donors (Lipinski definition) is 2. The third kappa shape index (κ3) is 6.91. The lowest BCUT2D eigenvalue weighted by Crippen LogP contribution is -3.00. The quantitative estimate of drug-likeness (QED) is 0.503. The lowest BCUT2D eigenvalue weighted by atomic mass is 9.68. The van der Waals surface area contributed by atoms with Crippen LogP contribution in [0.15, 0.2) is 54.1 Å². The van der Waals surface area contributed by atoms with Crippen LogP contribution in [0, 0.1) is 11.3 Å². The molecule has 0 aliphatic heterocycles. The van der Waals surface area contributed by atoms with Gasteiger partial charge < -0.3 is 22.8 Å². The van der Waals surface area contributed by atoms with Gasteiger partial charge in [0.15, 0.2) is 5.78 Å². The minimum Gasteiger partial charge on any atom is -1.00 e. The zero-order chi connectivity index (χ0) is 19.2. The molecule has 3 unspecified atom stereocenters. The van der Waals surface area contributed by atoms with Gasteiger partial charge in [0.25, 0.3) is 0 Å². The fraction of sp³-hybridized carbons (Fsp3) is 0.522. The summed E-state index contributed by atoms with van der Waals surface area (Å²) < 4.78 is 0. The molecule has 0 saturated carbocycles. The lowest BCUT2D eigenvalue weighted by molar-refractivity contribution is -0.693. The van der Waals surface area contributed by atoms with Gasteiger partial charge in [-0.05, 0) is 43.7 Å². The highest BCUT2D eigenvalue weighted by Crippen LogP contribution is 2.41. The van der Waals surface area contributed by atoms with Crippen molar-refractivity contribution in [3.05, 3.63) is 59.7 Å². The van der Waals surface area contributed by atoms with E-state index in [2.05, 4.69) is 38.2 Å². The van der Waals surface area contributed by atoms with Crippen LogP contribution < -0.4 is 17.7 Å². The normalized spacial score (nSPS) is 21.2. The topological polar surface area (TPSA) is 53.9 Å². The summed E-state index contributed by atoms with van der Waals surface area (Å²) in [7, 11) is 0. The molecule has 1 aromatic rings. The molecule has 0 fully saturated rings. The molecule has 0 aromatic heterocycles. The van der Waals surface area contributed by atoms with E-state index in [0.717, 1.165) is 18.4 Å². The van der Waals surface area contributed by atoms with Crippen molar-refractivity contribution in [2.75, 3.05) is 6.54 Å². The van der Waals surface area contributed by atoms with E-state index in [4.69, 9.17) is 0 Å². The summed E-state index contributed by atoms with van der Waals surface area (Å²) >= 11 is 0. The van der Waals surface area contributed by atoms with Crippen LogP contribution in [0.3, 0.4) is 0 Å². The molecular formula is C23H34ClNO2. The number of nitrogens with two attached hydrogens (primary N) is 1. The zero-order valence-electron chi connectivity index (χ0n) is 17.0. The molecule has 27 heavy (non-hydrogen) atoms. The van der Waals surface area contributed by atoms with Gasteiger partial charge in [-0.1, -0.05) is 61.9 Å². The highest BCUT2D eigenvalue weighted by atomic mass is 35.5. The molecule has 0 saturated heterocycles. The number of aliphatic hydroxyl groups is 1. The number of aliphatic hydroxyl groups excluding tert-OH is 1. The van der Waals surface area contributed by atoms with Crippen LogP contribution in [-0.2, 0) is 4.79 Å². The van der Waals surface area contributed by atoms with Crippen molar-refractivity contribution in [2.45, 2.75) is 59.1 Å². The summed E-state index contributed by atoms with van der Waals surface area (Å²) in [5.41, 5.74) is 2.51. The first-order valence-corrected chi connectivity index (χ1v) is 9.75. The molecule has 1 aromatic carbocycles. The van der Waals surface area contributed by atoms with Crippen molar-refractivity contribution in [2.24, 2.45) is 11.3 Å². The monoisotopic (exact) mass is 391 g/mol. The molecule has 0 amide bonds. The summed E-state index contributed by atoms with van der Waals surface area (Å²) in [6.45, 7) is 9.42.